The first-order valence-corrected chi connectivity index (χ1v) is 10.2. The Morgan fingerprint density at radius 3 is 2.38 bits per heavy atom. The molecule has 0 saturated heterocycles. The maximum atomic E-state index is 12.4. The molecule has 0 radical (unpaired) electrons. The van der Waals surface area contributed by atoms with Crippen LogP contribution in [0.2, 0.25) is 0 Å². The van der Waals surface area contributed by atoms with Gasteiger partial charge in [0, 0.05) is 24.7 Å². The van der Waals surface area contributed by atoms with Crippen molar-refractivity contribution in [2.24, 2.45) is 0 Å². The second kappa shape index (κ2) is 9.97. The van der Waals surface area contributed by atoms with E-state index in [4.69, 9.17) is 9.47 Å². The van der Waals surface area contributed by atoms with E-state index in [1.807, 2.05) is 54.0 Å². The third-order valence-corrected chi connectivity index (χ3v) is 5.19. The number of rotatable bonds is 9. The number of para-hydroxylation sites is 1. The van der Waals surface area contributed by atoms with Crippen LogP contribution in [0.25, 0.3) is 5.69 Å². The van der Waals surface area contributed by atoms with E-state index in [2.05, 4.69) is 15.5 Å². The van der Waals surface area contributed by atoms with Gasteiger partial charge in [0.2, 0.25) is 5.91 Å². The van der Waals surface area contributed by atoms with Crippen LogP contribution >= 0.6 is 11.8 Å². The highest BCUT2D eigenvalue weighted by Gasteiger charge is 2.14. The Morgan fingerprint density at radius 2 is 1.76 bits per heavy atom. The molecule has 0 aliphatic heterocycles. The number of thioether (sulfide) groups is 1. The lowest BCUT2D eigenvalue weighted by Gasteiger charge is -2.10. The molecule has 152 valence electrons. The van der Waals surface area contributed by atoms with Crippen molar-refractivity contribution in [1.29, 1.82) is 0 Å². The number of nitrogens with one attached hydrogen (secondary N) is 1. The second-order valence-electron chi connectivity index (χ2n) is 6.21. The van der Waals surface area contributed by atoms with Crippen LogP contribution < -0.4 is 14.8 Å². The quantitative estimate of drug-likeness (QED) is 0.544. The lowest BCUT2D eigenvalue weighted by Crippen LogP contribution is -2.24. The fourth-order valence-corrected chi connectivity index (χ4v) is 3.61. The third-order valence-electron chi connectivity index (χ3n) is 4.26. The molecule has 1 N–H and O–H groups in total. The smallest absolute Gasteiger partial charge is 0.230 e. The Hall–Kier alpha value is -3.00. The molecular formula is C21H24N4O3S. The second-order valence-corrected chi connectivity index (χ2v) is 7.15. The van der Waals surface area contributed by atoms with E-state index in [9.17, 15) is 4.79 Å². The van der Waals surface area contributed by atoms with Crippen LogP contribution in [-0.2, 0) is 17.8 Å². The normalized spacial score (nSPS) is 10.6. The number of hydrogen-bond acceptors (Lipinski definition) is 6. The Labute approximate surface area is 174 Å². The van der Waals surface area contributed by atoms with Gasteiger partial charge >= 0.3 is 0 Å². The maximum absolute atomic E-state index is 12.4. The van der Waals surface area contributed by atoms with Crippen molar-refractivity contribution in [3.05, 3.63) is 59.9 Å². The van der Waals surface area contributed by atoms with Crippen LogP contribution in [0, 0.1) is 0 Å². The van der Waals surface area contributed by atoms with Gasteiger partial charge in [0.05, 0.1) is 20.0 Å². The standard InChI is InChI=1S/C21H24N4O3S/c1-4-19-23-24-21(25(19)16-8-6-5-7-9-16)29-14-20(26)22-13-15-10-17(27-2)12-18(11-15)28-3/h5-12H,4,13-14H2,1-3H3,(H,22,26). The molecule has 0 unspecified atom stereocenters. The van der Waals surface area contributed by atoms with Crippen LogP contribution in [0.4, 0.5) is 0 Å². The van der Waals surface area contributed by atoms with E-state index in [0.717, 1.165) is 23.5 Å². The molecule has 3 aromatic rings. The number of amides is 1. The lowest BCUT2D eigenvalue weighted by atomic mass is 10.2. The van der Waals surface area contributed by atoms with Crippen molar-refractivity contribution in [3.63, 3.8) is 0 Å². The summed E-state index contributed by atoms with van der Waals surface area (Å²) in [7, 11) is 3.20. The Morgan fingerprint density at radius 1 is 1.07 bits per heavy atom. The molecule has 1 aromatic heterocycles. The molecule has 0 aliphatic carbocycles. The van der Waals surface area contributed by atoms with Gasteiger partial charge in [-0.2, -0.15) is 0 Å². The fraction of sp³-hybridized carbons (Fsp3) is 0.286. The minimum absolute atomic E-state index is 0.0857. The third kappa shape index (κ3) is 5.29. The van der Waals surface area contributed by atoms with E-state index in [1.165, 1.54) is 11.8 Å². The van der Waals surface area contributed by atoms with Gasteiger partial charge in [0.25, 0.3) is 0 Å². The fourth-order valence-electron chi connectivity index (χ4n) is 2.81. The number of methoxy groups -OCH3 is 2. The maximum Gasteiger partial charge on any atom is 0.230 e. The van der Waals surface area contributed by atoms with Gasteiger partial charge in [-0.1, -0.05) is 36.9 Å². The van der Waals surface area contributed by atoms with E-state index in [-0.39, 0.29) is 11.7 Å². The SMILES string of the molecule is CCc1nnc(SCC(=O)NCc2cc(OC)cc(OC)c2)n1-c1ccccc1. The van der Waals surface area contributed by atoms with Crippen molar-refractivity contribution < 1.29 is 14.3 Å². The molecule has 3 rings (SSSR count). The Bertz CT molecular complexity index is 938. The average Bonchev–Trinajstić information content (AvgIpc) is 3.19. The molecule has 0 atom stereocenters. The molecule has 0 bridgehead atoms. The number of benzene rings is 2. The molecule has 1 heterocycles. The summed E-state index contributed by atoms with van der Waals surface area (Å²) < 4.78 is 12.5. The summed E-state index contributed by atoms with van der Waals surface area (Å²) in [5.74, 6) is 2.40. The molecule has 0 fully saturated rings. The lowest BCUT2D eigenvalue weighted by molar-refractivity contribution is -0.118. The van der Waals surface area contributed by atoms with Gasteiger partial charge in [-0.3, -0.25) is 9.36 Å². The van der Waals surface area contributed by atoms with Crippen molar-refractivity contribution >= 4 is 17.7 Å². The summed E-state index contributed by atoms with van der Waals surface area (Å²) in [6.45, 7) is 2.42. The predicted octanol–water partition coefficient (Wildman–Crippen LogP) is 3.26. The van der Waals surface area contributed by atoms with Gasteiger partial charge in [0.15, 0.2) is 5.16 Å². The summed E-state index contributed by atoms with van der Waals surface area (Å²) >= 11 is 1.36. The van der Waals surface area contributed by atoms with Gasteiger partial charge in [-0.25, -0.2) is 0 Å². The summed E-state index contributed by atoms with van der Waals surface area (Å²) in [6.07, 6.45) is 0.756. The predicted molar refractivity (Wildman–Crippen MR) is 113 cm³/mol. The summed E-state index contributed by atoms with van der Waals surface area (Å²) in [5.41, 5.74) is 1.89. The molecule has 0 aliphatic rings. The van der Waals surface area contributed by atoms with Crippen molar-refractivity contribution in [2.45, 2.75) is 25.0 Å². The monoisotopic (exact) mass is 412 g/mol. The van der Waals surface area contributed by atoms with Crippen LogP contribution in [0.5, 0.6) is 11.5 Å². The average molecular weight is 413 g/mol. The van der Waals surface area contributed by atoms with E-state index in [1.54, 1.807) is 20.3 Å². The topological polar surface area (TPSA) is 78.3 Å². The number of carbonyl (C=O) groups is 1. The van der Waals surface area contributed by atoms with E-state index >= 15 is 0 Å². The largest absolute Gasteiger partial charge is 0.497 e. The number of hydrogen-bond donors (Lipinski definition) is 1. The van der Waals surface area contributed by atoms with Crippen molar-refractivity contribution in [2.75, 3.05) is 20.0 Å². The first-order valence-electron chi connectivity index (χ1n) is 9.25. The molecule has 7 nitrogen and oxygen atoms in total. The number of aromatic nitrogens is 3. The number of aryl methyl sites for hydroxylation is 1. The highest BCUT2D eigenvalue weighted by Crippen LogP contribution is 2.23. The Balaban J connectivity index is 1.63. The van der Waals surface area contributed by atoms with Gasteiger partial charge < -0.3 is 14.8 Å². The van der Waals surface area contributed by atoms with Crippen molar-refractivity contribution in [3.8, 4) is 17.2 Å². The zero-order valence-corrected chi connectivity index (χ0v) is 17.5. The van der Waals surface area contributed by atoms with E-state index < -0.39 is 0 Å². The number of ether oxygens (including phenoxy) is 2. The zero-order valence-electron chi connectivity index (χ0n) is 16.7. The molecule has 8 heteroatoms. The number of nitrogens with zero attached hydrogens (tertiary/aromatic N) is 3. The van der Waals surface area contributed by atoms with Crippen molar-refractivity contribution in [1.82, 2.24) is 20.1 Å². The summed E-state index contributed by atoms with van der Waals surface area (Å²) in [6, 6.07) is 15.4. The van der Waals surface area contributed by atoms with Crippen LogP contribution in [0.15, 0.2) is 53.7 Å². The first-order chi connectivity index (χ1) is 14.1. The molecular weight excluding hydrogens is 388 g/mol. The summed E-state index contributed by atoms with van der Waals surface area (Å²) in [5, 5.41) is 12.1. The first kappa shape index (κ1) is 20.7. The van der Waals surface area contributed by atoms with Crippen LogP contribution in [0.1, 0.15) is 18.3 Å². The number of carbonyl (C=O) groups excluding carboxylic acids is 1. The molecule has 2 aromatic carbocycles. The van der Waals surface area contributed by atoms with Crippen LogP contribution in [-0.4, -0.2) is 40.6 Å². The van der Waals surface area contributed by atoms with E-state index in [0.29, 0.717) is 23.2 Å². The zero-order chi connectivity index (χ0) is 20.6. The van der Waals surface area contributed by atoms with Gasteiger partial charge in [-0.15, -0.1) is 10.2 Å². The molecule has 0 spiro atoms. The Kier molecular flexibility index (Phi) is 7.13. The van der Waals surface area contributed by atoms with Gasteiger partial charge in [0.1, 0.15) is 17.3 Å². The minimum atomic E-state index is -0.0857. The molecule has 29 heavy (non-hydrogen) atoms. The molecule has 1 amide bonds. The van der Waals surface area contributed by atoms with Gasteiger partial charge in [-0.05, 0) is 29.8 Å². The molecule has 0 saturated carbocycles. The minimum Gasteiger partial charge on any atom is -0.497 e. The highest BCUT2D eigenvalue weighted by molar-refractivity contribution is 7.99. The highest BCUT2D eigenvalue weighted by atomic mass is 32.2. The summed E-state index contributed by atoms with van der Waals surface area (Å²) in [4.78, 5) is 12.4. The van der Waals surface area contributed by atoms with Crippen LogP contribution in [0.3, 0.4) is 0 Å².